The normalized spacial score (nSPS) is 14.5. The van der Waals surface area contributed by atoms with Gasteiger partial charge in [-0.1, -0.05) is 62.9 Å². The lowest BCUT2D eigenvalue weighted by Gasteiger charge is -2.22. The molecule has 0 spiro atoms. The largest absolute Gasteiger partial charge is 0.349 e. The molecule has 35 heavy (non-hydrogen) atoms. The van der Waals surface area contributed by atoms with Crippen LogP contribution in [0.4, 0.5) is 0 Å². The molecule has 0 bridgehead atoms. The van der Waals surface area contributed by atoms with Gasteiger partial charge in [-0.2, -0.15) is 10.4 Å². The Labute approximate surface area is 212 Å². The number of hydrogen-bond acceptors (Lipinski definition) is 4. The molecule has 1 amide bonds. The number of thioether (sulfide) groups is 1. The molecule has 1 saturated carbocycles. The lowest BCUT2D eigenvalue weighted by atomic mass is 9.95. The predicted octanol–water partition coefficient (Wildman–Crippen LogP) is 6.79. The molecule has 1 aliphatic carbocycles. The summed E-state index contributed by atoms with van der Waals surface area (Å²) in [4.78, 5) is 14.1. The summed E-state index contributed by atoms with van der Waals surface area (Å²) >= 11 is 1.86. The second-order valence-corrected chi connectivity index (χ2v) is 10.1. The highest BCUT2D eigenvalue weighted by molar-refractivity contribution is 7.99. The van der Waals surface area contributed by atoms with Gasteiger partial charge in [0.25, 0.3) is 5.91 Å². The minimum absolute atomic E-state index is 0.108. The quantitative estimate of drug-likeness (QED) is 0.157. The van der Waals surface area contributed by atoms with Crippen molar-refractivity contribution < 1.29 is 4.79 Å². The Morgan fingerprint density at radius 1 is 1.14 bits per heavy atom. The van der Waals surface area contributed by atoms with E-state index < -0.39 is 0 Å². The summed E-state index contributed by atoms with van der Waals surface area (Å²) in [5.74, 6) is 0.800. The van der Waals surface area contributed by atoms with E-state index in [0.29, 0.717) is 0 Å². The summed E-state index contributed by atoms with van der Waals surface area (Å²) in [6, 6.07) is 20.5. The van der Waals surface area contributed by atoms with E-state index in [0.717, 1.165) is 53.9 Å². The third-order valence-electron chi connectivity index (χ3n) is 6.26. The van der Waals surface area contributed by atoms with E-state index in [1.807, 2.05) is 48.3 Å². The standard InChI is InChI=1S/C29H32N4OS/c1-2-3-18-35-27-16-14-22(15-17-27)28-24(21-33(32-28)26-12-8-5-9-13-26)19-23(20-30)29(34)31-25-10-6-4-7-11-25/h5,8-9,12-17,19,21,25H,2-4,6-7,10-11,18H2,1H3,(H,31,34)/b23-19-. The minimum atomic E-state index is -0.305. The number of amides is 1. The number of aromatic nitrogens is 2. The minimum Gasteiger partial charge on any atom is -0.349 e. The molecule has 4 rings (SSSR count). The first-order valence-electron chi connectivity index (χ1n) is 12.5. The van der Waals surface area contributed by atoms with E-state index in [-0.39, 0.29) is 17.5 Å². The van der Waals surface area contributed by atoms with Crippen LogP contribution in [0.2, 0.25) is 0 Å². The first kappa shape index (κ1) is 24.8. The maximum absolute atomic E-state index is 12.9. The van der Waals surface area contributed by atoms with Crippen LogP contribution in [-0.2, 0) is 4.79 Å². The van der Waals surface area contributed by atoms with Gasteiger partial charge in [-0.15, -0.1) is 11.8 Å². The predicted molar refractivity (Wildman–Crippen MR) is 143 cm³/mol. The van der Waals surface area contributed by atoms with Crippen LogP contribution < -0.4 is 5.32 Å². The van der Waals surface area contributed by atoms with Crippen molar-refractivity contribution in [2.24, 2.45) is 0 Å². The average molecular weight is 485 g/mol. The van der Waals surface area contributed by atoms with Gasteiger partial charge in [-0.25, -0.2) is 4.68 Å². The van der Waals surface area contributed by atoms with Crippen LogP contribution in [0.5, 0.6) is 0 Å². The molecule has 180 valence electrons. The lowest BCUT2D eigenvalue weighted by Crippen LogP contribution is -2.36. The molecule has 1 aromatic heterocycles. The summed E-state index contributed by atoms with van der Waals surface area (Å²) in [5.41, 5.74) is 3.48. The van der Waals surface area contributed by atoms with Gasteiger partial charge in [-0.05, 0) is 55.4 Å². The van der Waals surface area contributed by atoms with Gasteiger partial charge < -0.3 is 5.32 Å². The molecular formula is C29H32N4OS. The zero-order valence-corrected chi connectivity index (χ0v) is 21.1. The average Bonchev–Trinajstić information content (AvgIpc) is 3.33. The molecule has 2 aromatic carbocycles. The number of benzene rings is 2. The molecule has 0 unspecified atom stereocenters. The summed E-state index contributed by atoms with van der Waals surface area (Å²) in [6.07, 6.45) is 11.4. The van der Waals surface area contributed by atoms with Crippen molar-refractivity contribution in [3.05, 3.63) is 71.9 Å². The van der Waals surface area contributed by atoms with Crippen molar-refractivity contribution in [1.29, 1.82) is 5.26 Å². The summed E-state index contributed by atoms with van der Waals surface area (Å²) in [6.45, 7) is 2.20. The second-order valence-electron chi connectivity index (χ2n) is 8.92. The van der Waals surface area contributed by atoms with Crippen LogP contribution in [0.15, 0.2) is 71.3 Å². The van der Waals surface area contributed by atoms with Crippen molar-refractivity contribution in [3.8, 4) is 23.0 Å². The van der Waals surface area contributed by atoms with Gasteiger partial charge in [0, 0.05) is 28.3 Å². The number of unbranched alkanes of at least 4 members (excludes halogenated alkanes) is 1. The van der Waals surface area contributed by atoms with E-state index in [2.05, 4.69) is 42.6 Å². The van der Waals surface area contributed by atoms with Gasteiger partial charge in [0.15, 0.2) is 0 Å². The number of rotatable bonds is 9. The summed E-state index contributed by atoms with van der Waals surface area (Å²) in [7, 11) is 0. The highest BCUT2D eigenvalue weighted by Gasteiger charge is 2.19. The fourth-order valence-electron chi connectivity index (χ4n) is 4.29. The third-order valence-corrected chi connectivity index (χ3v) is 7.36. The van der Waals surface area contributed by atoms with Gasteiger partial charge in [0.05, 0.1) is 11.4 Å². The maximum atomic E-state index is 12.9. The monoisotopic (exact) mass is 484 g/mol. The fourth-order valence-corrected chi connectivity index (χ4v) is 5.29. The number of carbonyl (C=O) groups is 1. The molecule has 0 saturated heterocycles. The SMILES string of the molecule is CCCCSc1ccc(-c2nn(-c3ccccc3)cc2/C=C(/C#N)C(=O)NC2CCCCC2)cc1. The summed E-state index contributed by atoms with van der Waals surface area (Å²) in [5, 5.41) is 17.7. The molecule has 3 aromatic rings. The van der Waals surface area contributed by atoms with Gasteiger partial charge in [-0.3, -0.25) is 4.79 Å². The van der Waals surface area contributed by atoms with E-state index in [4.69, 9.17) is 5.10 Å². The molecule has 1 N–H and O–H groups in total. The van der Waals surface area contributed by atoms with Crippen molar-refractivity contribution in [2.75, 3.05) is 5.75 Å². The number of nitriles is 1. The highest BCUT2D eigenvalue weighted by atomic mass is 32.2. The molecule has 0 aliphatic heterocycles. The smallest absolute Gasteiger partial charge is 0.262 e. The molecule has 5 nitrogen and oxygen atoms in total. The van der Waals surface area contributed by atoms with Crippen LogP contribution in [0.25, 0.3) is 23.0 Å². The first-order chi connectivity index (χ1) is 17.2. The third kappa shape index (κ3) is 6.64. The van der Waals surface area contributed by atoms with Gasteiger partial charge >= 0.3 is 0 Å². The second kappa shape index (κ2) is 12.4. The Balaban J connectivity index is 1.65. The van der Waals surface area contributed by atoms with Crippen LogP contribution >= 0.6 is 11.8 Å². The van der Waals surface area contributed by atoms with Crippen molar-refractivity contribution in [3.63, 3.8) is 0 Å². The first-order valence-corrected chi connectivity index (χ1v) is 13.5. The number of para-hydroxylation sites is 1. The van der Waals surface area contributed by atoms with Crippen molar-refractivity contribution in [2.45, 2.75) is 62.8 Å². The van der Waals surface area contributed by atoms with E-state index in [1.165, 1.54) is 24.2 Å². The lowest BCUT2D eigenvalue weighted by molar-refractivity contribution is -0.117. The fraction of sp³-hybridized carbons (Fsp3) is 0.345. The zero-order valence-electron chi connectivity index (χ0n) is 20.2. The Bertz CT molecular complexity index is 1190. The molecule has 1 heterocycles. The summed E-state index contributed by atoms with van der Waals surface area (Å²) < 4.78 is 1.80. The number of hydrogen-bond donors (Lipinski definition) is 1. The maximum Gasteiger partial charge on any atom is 0.262 e. The Kier molecular flexibility index (Phi) is 8.80. The molecule has 0 atom stereocenters. The van der Waals surface area contributed by atoms with E-state index in [9.17, 15) is 10.1 Å². The van der Waals surface area contributed by atoms with E-state index >= 15 is 0 Å². The van der Waals surface area contributed by atoms with Crippen LogP contribution in [-0.4, -0.2) is 27.5 Å². The molecule has 0 radical (unpaired) electrons. The number of carbonyl (C=O) groups excluding carboxylic acids is 1. The Morgan fingerprint density at radius 2 is 1.89 bits per heavy atom. The van der Waals surface area contributed by atoms with Crippen molar-refractivity contribution >= 4 is 23.7 Å². The Morgan fingerprint density at radius 3 is 2.57 bits per heavy atom. The molecule has 6 heteroatoms. The van der Waals surface area contributed by atoms with Crippen LogP contribution in [0.3, 0.4) is 0 Å². The molecule has 1 fully saturated rings. The number of nitrogens with one attached hydrogen (secondary N) is 1. The van der Waals surface area contributed by atoms with Crippen LogP contribution in [0, 0.1) is 11.3 Å². The molecular weight excluding hydrogens is 452 g/mol. The van der Waals surface area contributed by atoms with Gasteiger partial charge in [0.2, 0.25) is 0 Å². The van der Waals surface area contributed by atoms with Crippen molar-refractivity contribution in [1.82, 2.24) is 15.1 Å². The highest BCUT2D eigenvalue weighted by Crippen LogP contribution is 2.29. The van der Waals surface area contributed by atoms with Crippen LogP contribution in [0.1, 0.15) is 57.4 Å². The molecule has 1 aliphatic rings. The zero-order chi connectivity index (χ0) is 24.5. The van der Waals surface area contributed by atoms with Gasteiger partial charge in [0.1, 0.15) is 11.6 Å². The van der Waals surface area contributed by atoms with E-state index in [1.54, 1.807) is 10.8 Å². The topological polar surface area (TPSA) is 70.7 Å². The number of nitrogens with zero attached hydrogens (tertiary/aromatic N) is 3. The Hall–Kier alpha value is -3.30.